The van der Waals surface area contributed by atoms with E-state index in [1.807, 2.05) is 6.07 Å². The van der Waals surface area contributed by atoms with Crippen LogP contribution in [0.5, 0.6) is 11.5 Å². The molecule has 0 unspecified atom stereocenters. The fourth-order valence-corrected chi connectivity index (χ4v) is 3.23. The number of aromatic nitrogens is 2. The molecular formula is C19H24N6O3. The van der Waals surface area contributed by atoms with Gasteiger partial charge in [-0.3, -0.25) is 0 Å². The topological polar surface area (TPSA) is 101 Å². The molecule has 9 nitrogen and oxygen atoms in total. The van der Waals surface area contributed by atoms with Crippen LogP contribution >= 0.6 is 0 Å². The highest BCUT2D eigenvalue weighted by Gasteiger charge is 2.14. The highest BCUT2D eigenvalue weighted by Crippen LogP contribution is 2.32. The molecule has 1 aromatic heterocycles. The molecule has 0 atom stereocenters. The van der Waals surface area contributed by atoms with Crippen LogP contribution in [0.15, 0.2) is 30.6 Å². The molecule has 1 aromatic carbocycles. The average Bonchev–Trinajstić information content (AvgIpc) is 3.26. The predicted molar refractivity (Wildman–Crippen MR) is 106 cm³/mol. The molecule has 2 amide bonds. The summed E-state index contributed by atoms with van der Waals surface area (Å²) in [7, 11) is 0. The SMILES string of the molecule is O=C(NCCNc1cc(N2CCCC2)ncn1)Nc1ccc2c(c1)OCCO2. The summed E-state index contributed by atoms with van der Waals surface area (Å²) in [4.78, 5) is 22.9. The maximum Gasteiger partial charge on any atom is 0.319 e. The van der Waals surface area contributed by atoms with Crippen LogP contribution in [0.25, 0.3) is 0 Å². The number of carbonyl (C=O) groups excluding carboxylic acids is 1. The van der Waals surface area contributed by atoms with Crippen molar-refractivity contribution in [2.45, 2.75) is 12.8 Å². The van der Waals surface area contributed by atoms with Gasteiger partial charge in [0.15, 0.2) is 11.5 Å². The van der Waals surface area contributed by atoms with E-state index in [-0.39, 0.29) is 6.03 Å². The number of nitrogens with one attached hydrogen (secondary N) is 3. The summed E-state index contributed by atoms with van der Waals surface area (Å²) in [6.45, 7) is 4.15. The van der Waals surface area contributed by atoms with Crippen molar-refractivity contribution < 1.29 is 14.3 Å². The molecule has 0 bridgehead atoms. The Bertz CT molecular complexity index is 825. The first-order valence-electron chi connectivity index (χ1n) is 9.53. The Morgan fingerprint density at radius 2 is 1.86 bits per heavy atom. The van der Waals surface area contributed by atoms with Gasteiger partial charge in [0, 0.05) is 44.0 Å². The zero-order valence-corrected chi connectivity index (χ0v) is 15.6. The van der Waals surface area contributed by atoms with E-state index in [0.717, 1.165) is 24.7 Å². The Hall–Kier alpha value is -3.23. The number of urea groups is 1. The molecule has 148 valence electrons. The summed E-state index contributed by atoms with van der Waals surface area (Å²) >= 11 is 0. The van der Waals surface area contributed by atoms with E-state index in [2.05, 4.69) is 30.8 Å². The van der Waals surface area contributed by atoms with Gasteiger partial charge in [0.2, 0.25) is 0 Å². The van der Waals surface area contributed by atoms with Crippen molar-refractivity contribution in [3.05, 3.63) is 30.6 Å². The summed E-state index contributed by atoms with van der Waals surface area (Å²) in [5, 5.41) is 8.82. The second-order valence-electron chi connectivity index (χ2n) is 6.62. The third-order valence-corrected chi connectivity index (χ3v) is 4.60. The van der Waals surface area contributed by atoms with E-state index < -0.39 is 0 Å². The lowest BCUT2D eigenvalue weighted by Gasteiger charge is -2.19. The van der Waals surface area contributed by atoms with Gasteiger partial charge in [0.05, 0.1) is 0 Å². The minimum atomic E-state index is -0.279. The van der Waals surface area contributed by atoms with E-state index >= 15 is 0 Å². The second kappa shape index (κ2) is 8.64. The van der Waals surface area contributed by atoms with Crippen LogP contribution in [0.1, 0.15) is 12.8 Å². The number of anilines is 3. The average molecular weight is 384 g/mol. The van der Waals surface area contributed by atoms with Gasteiger partial charge in [-0.25, -0.2) is 14.8 Å². The zero-order chi connectivity index (χ0) is 19.2. The first-order chi connectivity index (χ1) is 13.8. The Kier molecular flexibility index (Phi) is 5.60. The quantitative estimate of drug-likeness (QED) is 0.656. The standard InChI is InChI=1S/C19H24N6O3/c26-19(24-14-3-4-15-16(11-14)28-10-9-27-15)21-6-5-20-17-12-18(23-13-22-17)25-7-1-2-8-25/h3-4,11-13H,1-2,5-10H2,(H,20,22,23)(H2,21,24,26). The highest BCUT2D eigenvalue weighted by atomic mass is 16.6. The number of fused-ring (bicyclic) bond motifs is 1. The largest absolute Gasteiger partial charge is 0.486 e. The van der Waals surface area contributed by atoms with E-state index in [9.17, 15) is 4.79 Å². The molecular weight excluding hydrogens is 360 g/mol. The number of rotatable bonds is 6. The van der Waals surface area contributed by atoms with Crippen molar-refractivity contribution in [1.82, 2.24) is 15.3 Å². The molecule has 1 saturated heterocycles. The van der Waals surface area contributed by atoms with Crippen LogP contribution in [0.4, 0.5) is 22.1 Å². The monoisotopic (exact) mass is 384 g/mol. The van der Waals surface area contributed by atoms with Crippen LogP contribution in [0.3, 0.4) is 0 Å². The Balaban J connectivity index is 1.21. The van der Waals surface area contributed by atoms with Crippen LogP contribution in [-0.4, -0.2) is 55.4 Å². The maximum atomic E-state index is 12.1. The third kappa shape index (κ3) is 4.54. The summed E-state index contributed by atoms with van der Waals surface area (Å²) in [5.41, 5.74) is 0.653. The smallest absolute Gasteiger partial charge is 0.319 e. The van der Waals surface area contributed by atoms with Gasteiger partial charge in [0.25, 0.3) is 0 Å². The van der Waals surface area contributed by atoms with Crippen molar-refractivity contribution in [3.63, 3.8) is 0 Å². The molecule has 9 heteroatoms. The number of amides is 2. The Morgan fingerprint density at radius 1 is 1.04 bits per heavy atom. The molecule has 3 N–H and O–H groups in total. The molecule has 2 aliphatic rings. The molecule has 1 fully saturated rings. The van der Waals surface area contributed by atoms with Crippen molar-refractivity contribution in [2.24, 2.45) is 0 Å². The van der Waals surface area contributed by atoms with Crippen LogP contribution < -0.4 is 30.3 Å². The maximum absolute atomic E-state index is 12.1. The Morgan fingerprint density at radius 3 is 2.71 bits per heavy atom. The van der Waals surface area contributed by atoms with Gasteiger partial charge in [-0.2, -0.15) is 0 Å². The normalized spacial score (nSPS) is 15.2. The molecule has 0 radical (unpaired) electrons. The number of hydrogen-bond donors (Lipinski definition) is 3. The van der Waals surface area contributed by atoms with Gasteiger partial charge >= 0.3 is 6.03 Å². The fraction of sp³-hybridized carbons (Fsp3) is 0.421. The number of carbonyl (C=O) groups is 1. The van der Waals surface area contributed by atoms with E-state index in [0.29, 0.717) is 43.5 Å². The predicted octanol–water partition coefficient (Wildman–Crippen LogP) is 2.08. The summed E-state index contributed by atoms with van der Waals surface area (Å²) < 4.78 is 11.0. The number of hydrogen-bond acceptors (Lipinski definition) is 7. The Labute approximate surface area is 163 Å². The summed E-state index contributed by atoms with van der Waals surface area (Å²) in [5.74, 6) is 3.04. The van der Waals surface area contributed by atoms with Gasteiger partial charge in [0.1, 0.15) is 31.2 Å². The molecule has 0 spiro atoms. The second-order valence-corrected chi connectivity index (χ2v) is 6.62. The van der Waals surface area contributed by atoms with Crippen molar-refractivity contribution >= 4 is 23.4 Å². The number of ether oxygens (including phenoxy) is 2. The molecule has 0 saturated carbocycles. The van der Waals surface area contributed by atoms with E-state index in [1.165, 1.54) is 12.8 Å². The number of benzene rings is 1. The first-order valence-corrected chi connectivity index (χ1v) is 9.53. The van der Waals surface area contributed by atoms with Gasteiger partial charge in [-0.1, -0.05) is 0 Å². The fourth-order valence-electron chi connectivity index (χ4n) is 3.23. The lowest BCUT2D eigenvalue weighted by Crippen LogP contribution is -2.32. The molecule has 3 heterocycles. The number of nitrogens with zero attached hydrogens (tertiary/aromatic N) is 3. The highest BCUT2D eigenvalue weighted by molar-refractivity contribution is 5.89. The van der Waals surface area contributed by atoms with Gasteiger partial charge in [-0.15, -0.1) is 0 Å². The molecule has 2 aromatic rings. The third-order valence-electron chi connectivity index (χ3n) is 4.60. The first kappa shape index (κ1) is 18.1. The molecule has 0 aliphatic carbocycles. The van der Waals surface area contributed by atoms with Gasteiger partial charge < -0.3 is 30.3 Å². The summed E-state index contributed by atoms with van der Waals surface area (Å²) in [6, 6.07) is 7.00. The van der Waals surface area contributed by atoms with E-state index in [1.54, 1.807) is 24.5 Å². The van der Waals surface area contributed by atoms with Gasteiger partial charge in [-0.05, 0) is 25.0 Å². The molecule has 4 rings (SSSR count). The van der Waals surface area contributed by atoms with E-state index in [4.69, 9.17) is 9.47 Å². The minimum absolute atomic E-state index is 0.279. The van der Waals surface area contributed by atoms with Crippen LogP contribution in [0.2, 0.25) is 0 Å². The van der Waals surface area contributed by atoms with Crippen LogP contribution in [0, 0.1) is 0 Å². The molecule has 28 heavy (non-hydrogen) atoms. The summed E-state index contributed by atoms with van der Waals surface area (Å²) in [6.07, 6.45) is 3.97. The zero-order valence-electron chi connectivity index (χ0n) is 15.6. The van der Waals surface area contributed by atoms with Crippen molar-refractivity contribution in [2.75, 3.05) is 54.9 Å². The van der Waals surface area contributed by atoms with Crippen LogP contribution in [-0.2, 0) is 0 Å². The minimum Gasteiger partial charge on any atom is -0.486 e. The lowest BCUT2D eigenvalue weighted by molar-refractivity contribution is 0.171. The van der Waals surface area contributed by atoms with Crippen molar-refractivity contribution in [3.8, 4) is 11.5 Å². The lowest BCUT2D eigenvalue weighted by atomic mass is 10.2. The molecule has 2 aliphatic heterocycles. The van der Waals surface area contributed by atoms with Crippen molar-refractivity contribution in [1.29, 1.82) is 0 Å².